The third kappa shape index (κ3) is 5.25. The fourth-order valence-electron chi connectivity index (χ4n) is 2.68. The van der Waals surface area contributed by atoms with Crippen LogP contribution in [-0.4, -0.2) is 9.97 Å². The molecule has 0 spiro atoms. The maximum absolute atomic E-state index is 13.4. The van der Waals surface area contributed by atoms with E-state index in [2.05, 4.69) is 29.1 Å². The summed E-state index contributed by atoms with van der Waals surface area (Å²) in [4.78, 5) is 8.76. The average molecular weight is 403 g/mol. The first kappa shape index (κ1) is 20.2. The number of aromatic nitrogens is 2. The fraction of sp³-hybridized carbons (Fsp3) is 0.238. The smallest absolute Gasteiger partial charge is 0.324 e. The van der Waals surface area contributed by atoms with Crippen LogP contribution in [0.2, 0.25) is 0 Å². The van der Waals surface area contributed by atoms with E-state index in [4.69, 9.17) is 0 Å². The number of anilines is 2. The van der Waals surface area contributed by atoms with Crippen molar-refractivity contribution < 1.29 is 13.2 Å². The van der Waals surface area contributed by atoms with Crippen molar-refractivity contribution in [1.29, 1.82) is 0 Å². The fourth-order valence-corrected chi connectivity index (χ4v) is 3.61. The minimum Gasteiger partial charge on any atom is -0.324 e. The first-order valence-electron chi connectivity index (χ1n) is 8.85. The van der Waals surface area contributed by atoms with Gasteiger partial charge in [-0.25, -0.2) is 9.97 Å². The van der Waals surface area contributed by atoms with Gasteiger partial charge in [0.2, 0.25) is 5.95 Å². The van der Waals surface area contributed by atoms with Crippen molar-refractivity contribution in [1.82, 2.24) is 9.97 Å². The first-order chi connectivity index (χ1) is 13.3. The van der Waals surface area contributed by atoms with E-state index in [0.29, 0.717) is 10.8 Å². The molecule has 0 atom stereocenters. The van der Waals surface area contributed by atoms with E-state index in [0.717, 1.165) is 35.6 Å². The summed E-state index contributed by atoms with van der Waals surface area (Å²) < 4.78 is 40.2. The molecule has 1 N–H and O–H groups in total. The molecule has 0 radical (unpaired) electrons. The van der Waals surface area contributed by atoms with E-state index in [9.17, 15) is 13.2 Å². The van der Waals surface area contributed by atoms with Crippen molar-refractivity contribution in [2.24, 2.45) is 5.92 Å². The molecule has 0 aliphatic heterocycles. The molecule has 146 valence electrons. The zero-order valence-electron chi connectivity index (χ0n) is 15.5. The van der Waals surface area contributed by atoms with Gasteiger partial charge in [0.15, 0.2) is 0 Å². The normalized spacial score (nSPS) is 11.6. The highest BCUT2D eigenvalue weighted by Gasteiger charge is 2.35. The molecule has 0 fully saturated rings. The summed E-state index contributed by atoms with van der Waals surface area (Å²) in [6.07, 6.45) is -2.84. The summed E-state index contributed by atoms with van der Waals surface area (Å²) in [6.45, 7) is 4.22. The summed E-state index contributed by atoms with van der Waals surface area (Å²) in [5.74, 6) is 0.586. The molecular weight excluding hydrogens is 383 g/mol. The van der Waals surface area contributed by atoms with Crippen LogP contribution in [0.5, 0.6) is 0 Å². The van der Waals surface area contributed by atoms with Crippen LogP contribution in [0.3, 0.4) is 0 Å². The maximum atomic E-state index is 13.4. The van der Waals surface area contributed by atoms with E-state index >= 15 is 0 Å². The Hall–Kier alpha value is -2.54. The number of alkyl halides is 3. The molecule has 3 aromatic rings. The Kier molecular flexibility index (Phi) is 6.24. The van der Waals surface area contributed by atoms with E-state index in [1.54, 1.807) is 24.3 Å². The van der Waals surface area contributed by atoms with Crippen molar-refractivity contribution >= 4 is 23.4 Å². The summed E-state index contributed by atoms with van der Waals surface area (Å²) >= 11 is 0.970. The van der Waals surface area contributed by atoms with E-state index < -0.39 is 11.7 Å². The Morgan fingerprint density at radius 2 is 1.68 bits per heavy atom. The summed E-state index contributed by atoms with van der Waals surface area (Å²) in [6, 6.07) is 16.5. The lowest BCUT2D eigenvalue weighted by atomic mass is 10.0. The van der Waals surface area contributed by atoms with E-state index in [-0.39, 0.29) is 11.0 Å². The molecule has 1 heterocycles. The monoisotopic (exact) mass is 403 g/mol. The number of hydrogen-bond donors (Lipinski definition) is 1. The summed E-state index contributed by atoms with van der Waals surface area (Å²) in [5.41, 5.74) is 1.02. The Labute approximate surface area is 166 Å². The van der Waals surface area contributed by atoms with Crippen LogP contribution in [0.25, 0.3) is 0 Å². The number of nitrogens with one attached hydrogen (secondary N) is 1. The van der Waals surface area contributed by atoms with E-state index in [1.807, 2.05) is 30.3 Å². The Morgan fingerprint density at radius 3 is 2.36 bits per heavy atom. The Balaban J connectivity index is 1.94. The molecule has 0 saturated carbocycles. The Bertz CT molecular complexity index is 928. The largest absolute Gasteiger partial charge is 0.420 e. The molecule has 0 unspecified atom stereocenters. The number of hydrogen-bond acceptors (Lipinski definition) is 4. The van der Waals surface area contributed by atoms with Gasteiger partial charge in [-0.15, -0.1) is 0 Å². The topological polar surface area (TPSA) is 37.8 Å². The van der Waals surface area contributed by atoms with Gasteiger partial charge in [0.05, 0.1) is 0 Å². The minimum absolute atomic E-state index is 0.127. The zero-order valence-corrected chi connectivity index (χ0v) is 16.3. The van der Waals surface area contributed by atoms with Crippen molar-refractivity contribution in [2.75, 3.05) is 5.32 Å². The molecule has 0 aliphatic carbocycles. The molecule has 1 aromatic heterocycles. The molecule has 0 amide bonds. The second-order valence-electron chi connectivity index (χ2n) is 6.71. The number of benzene rings is 2. The van der Waals surface area contributed by atoms with Crippen molar-refractivity contribution in [3.63, 3.8) is 0 Å². The first-order valence-corrected chi connectivity index (χ1v) is 9.66. The van der Waals surface area contributed by atoms with Gasteiger partial charge >= 0.3 is 6.18 Å². The number of rotatable bonds is 6. The average Bonchev–Trinajstić information content (AvgIpc) is 2.63. The van der Waals surface area contributed by atoms with Crippen LogP contribution < -0.4 is 5.32 Å². The number of halogens is 3. The zero-order chi connectivity index (χ0) is 20.1. The maximum Gasteiger partial charge on any atom is 0.420 e. The molecule has 3 nitrogen and oxygen atoms in total. The second kappa shape index (κ2) is 8.65. The molecule has 0 bridgehead atoms. The predicted octanol–water partition coefficient (Wildman–Crippen LogP) is 6.59. The van der Waals surface area contributed by atoms with Crippen molar-refractivity contribution in [3.05, 3.63) is 71.9 Å². The minimum atomic E-state index is -4.52. The Morgan fingerprint density at radius 1 is 1.00 bits per heavy atom. The van der Waals surface area contributed by atoms with Gasteiger partial charge in [-0.3, -0.25) is 0 Å². The van der Waals surface area contributed by atoms with Gasteiger partial charge in [-0.05, 0) is 36.1 Å². The van der Waals surface area contributed by atoms with Crippen LogP contribution in [-0.2, 0) is 12.6 Å². The van der Waals surface area contributed by atoms with Crippen LogP contribution >= 0.6 is 11.8 Å². The number of para-hydroxylation sites is 1. The van der Waals surface area contributed by atoms with Gasteiger partial charge < -0.3 is 5.32 Å². The van der Waals surface area contributed by atoms with Crippen molar-refractivity contribution in [3.8, 4) is 0 Å². The van der Waals surface area contributed by atoms with Gasteiger partial charge in [0.1, 0.15) is 10.6 Å². The van der Waals surface area contributed by atoms with Gasteiger partial charge in [-0.2, -0.15) is 13.2 Å². The van der Waals surface area contributed by atoms with Gasteiger partial charge in [0, 0.05) is 16.8 Å². The third-order valence-corrected chi connectivity index (χ3v) is 4.92. The lowest BCUT2D eigenvalue weighted by Gasteiger charge is -2.15. The molecule has 0 saturated heterocycles. The highest BCUT2D eigenvalue weighted by atomic mass is 32.2. The van der Waals surface area contributed by atoms with Gasteiger partial charge in [0.25, 0.3) is 0 Å². The summed E-state index contributed by atoms with van der Waals surface area (Å²) in [7, 11) is 0. The lowest BCUT2D eigenvalue weighted by Crippen LogP contribution is -2.11. The lowest BCUT2D eigenvalue weighted by molar-refractivity contribution is -0.140. The summed E-state index contributed by atoms with van der Waals surface area (Å²) in [5, 5.41) is 2.95. The number of nitrogens with zero attached hydrogens (tertiary/aromatic N) is 2. The van der Waals surface area contributed by atoms with Gasteiger partial charge in [-0.1, -0.05) is 62.0 Å². The SMILES string of the molecule is CC(C)Cc1ccccc1Nc1ncc(C(F)(F)F)c(Sc2ccccc2)n1. The third-order valence-electron chi connectivity index (χ3n) is 3.91. The van der Waals surface area contributed by atoms with Crippen LogP contribution in [0, 0.1) is 5.92 Å². The molecule has 3 rings (SSSR count). The van der Waals surface area contributed by atoms with Crippen LogP contribution in [0.1, 0.15) is 25.0 Å². The standard InChI is InChI=1S/C21H20F3N3S/c1-14(2)12-15-8-6-7-11-18(15)26-20-25-13-17(21(22,23)24)19(27-20)28-16-9-4-3-5-10-16/h3-11,13-14H,12H2,1-2H3,(H,25,26,27). The van der Waals surface area contributed by atoms with Crippen LogP contribution in [0.4, 0.5) is 24.8 Å². The van der Waals surface area contributed by atoms with Crippen LogP contribution in [0.15, 0.2) is 70.7 Å². The predicted molar refractivity (Wildman–Crippen MR) is 106 cm³/mol. The molecular formula is C21H20F3N3S. The molecule has 28 heavy (non-hydrogen) atoms. The van der Waals surface area contributed by atoms with Crippen molar-refractivity contribution in [2.45, 2.75) is 36.4 Å². The molecule has 0 aliphatic rings. The highest BCUT2D eigenvalue weighted by molar-refractivity contribution is 7.99. The molecule has 2 aromatic carbocycles. The molecule has 7 heteroatoms. The quantitative estimate of drug-likeness (QED) is 0.471. The highest BCUT2D eigenvalue weighted by Crippen LogP contribution is 2.38. The second-order valence-corrected chi connectivity index (χ2v) is 7.77. The van der Waals surface area contributed by atoms with E-state index in [1.165, 1.54) is 0 Å².